The monoisotopic (exact) mass is 1850 g/mol. The standard InChI is InChI=1S/C110H87N13O16/c111-56-60-6-14-64(15-7-60)101-85-46-70(26-38-93(124)125)81(115-85)54-82-71(27-39-94(126)127)47-86(116-82)102(65-16-8-61(57-112)9-17-65)90-51-75(31-43-98(134)135)108(120-90)105(107-74(30-42-97(132)133)50-89(101)119-107)68-22-34-79(35-23-68)123(78-4-2-1-3-5-78)80-36-24-69(25-37-80)106-109-76(32-44-99(136)137)52-91(121-109)103(66-18-10-62(58-113)11-19-66)87-48-72(28-40-95(128)129)83(117-87)55-84-73(29-41-96(130)131)49-88(118-84)104(67-20-12-63(59-114)13-21-67)92-53-77(110(106)122-92)33-45-100(138)139/h1-25,34-37,46-55,115-122H,26-33,38-45H2,(H,124,125)(H,126,127)(H,128,129)(H,130,131)(H,132,133)(H,134,135)(H,136,137)(H,138,139). The lowest BCUT2D eigenvalue weighted by atomic mass is 9.95. The molecular formula is C110H87N13O16. The van der Waals surface area contributed by atoms with E-state index in [0.717, 1.165) is 0 Å². The Balaban J connectivity index is 0.935. The minimum absolute atomic E-state index is 0.0222. The predicted octanol–water partition coefficient (Wildman–Crippen LogP) is 11.2. The van der Waals surface area contributed by atoms with Crippen LogP contribution in [-0.4, -0.2) is 128 Å². The third-order valence-corrected chi connectivity index (χ3v) is 25.0. The number of nitrogens with one attached hydrogen (secondary N) is 8. The maximum absolute atomic E-state index is 13.1. The first kappa shape index (κ1) is 92.1. The number of aromatic amines is 8. The van der Waals surface area contributed by atoms with E-state index >= 15 is 0 Å². The molecule has 139 heavy (non-hydrogen) atoms. The second-order valence-electron chi connectivity index (χ2n) is 34.0. The van der Waals surface area contributed by atoms with Gasteiger partial charge in [-0.3, -0.25) is 38.4 Å². The Kier molecular flexibility index (Phi) is 26.5. The lowest BCUT2D eigenvalue weighted by Gasteiger charge is -2.26. The summed E-state index contributed by atoms with van der Waals surface area (Å²) in [7, 11) is 0. The molecule has 10 heterocycles. The van der Waals surface area contributed by atoms with Gasteiger partial charge in [0.25, 0.3) is 0 Å². The van der Waals surface area contributed by atoms with Crippen molar-refractivity contribution in [3.05, 3.63) is 413 Å². The fourth-order valence-electron chi connectivity index (χ4n) is 18.4. The molecule has 15 aromatic rings. The van der Waals surface area contributed by atoms with Crippen LogP contribution in [0.5, 0.6) is 0 Å². The Hall–Kier alpha value is -18.7. The number of nitrogens with zero attached hydrogens (tertiary/aromatic N) is 5. The van der Waals surface area contributed by atoms with Crippen molar-refractivity contribution in [3.8, 4) is 24.3 Å². The molecule has 0 saturated carbocycles. The van der Waals surface area contributed by atoms with Crippen molar-refractivity contribution >= 4 is 110 Å². The quantitative estimate of drug-likeness (QED) is 0.0182. The van der Waals surface area contributed by atoms with Crippen molar-refractivity contribution in [2.45, 2.75) is 103 Å². The van der Waals surface area contributed by atoms with Crippen molar-refractivity contribution in [3.63, 3.8) is 0 Å². The van der Waals surface area contributed by atoms with Gasteiger partial charge in [0, 0.05) is 168 Å². The van der Waals surface area contributed by atoms with E-state index in [4.69, 9.17) is 0 Å². The van der Waals surface area contributed by atoms with Crippen LogP contribution in [0.2, 0.25) is 0 Å². The summed E-state index contributed by atoms with van der Waals surface area (Å²) in [6.07, 6.45) is 0.716. The number of hydrogen-bond acceptors (Lipinski definition) is 13. The fraction of sp³-hybridized carbons (Fsp3) is 0.145. The average Bonchev–Trinajstić information content (AvgIpc) is 1.61. The van der Waals surface area contributed by atoms with E-state index < -0.39 is 47.8 Å². The molecule has 2 aliphatic rings. The summed E-state index contributed by atoms with van der Waals surface area (Å²) >= 11 is 0. The number of nitriles is 4. The Morgan fingerprint density at radius 3 is 0.777 bits per heavy atom. The first-order chi connectivity index (χ1) is 67.2. The van der Waals surface area contributed by atoms with Gasteiger partial charge in [-0.25, -0.2) is 0 Å². The minimum atomic E-state index is -1.12. The maximum atomic E-state index is 13.1. The van der Waals surface area contributed by atoms with Gasteiger partial charge in [0.05, 0.1) is 68.6 Å². The molecule has 688 valence electrons. The molecule has 8 aromatic heterocycles. The summed E-state index contributed by atoms with van der Waals surface area (Å²) in [5.41, 5.74) is 17.2. The number of aliphatic carboxylic acids is 8. The number of fused-ring (bicyclic) bond motifs is 16. The first-order valence-corrected chi connectivity index (χ1v) is 44.8. The number of para-hydroxylation sites is 1. The van der Waals surface area contributed by atoms with Crippen LogP contribution < -0.4 is 47.7 Å². The number of aromatic nitrogens is 8. The summed E-state index contributed by atoms with van der Waals surface area (Å²) in [5, 5.41) is 128. The molecule has 0 unspecified atom stereocenters. The summed E-state index contributed by atoms with van der Waals surface area (Å²) in [6, 6.07) is 75.3. The molecule has 17 rings (SSSR count). The zero-order valence-electron chi connectivity index (χ0n) is 74.4. The minimum Gasteiger partial charge on any atom is -0.481 e. The summed E-state index contributed by atoms with van der Waals surface area (Å²) < 4.78 is 0. The molecule has 0 radical (unpaired) electrons. The van der Waals surface area contributed by atoms with Crippen LogP contribution in [0.3, 0.4) is 0 Å². The van der Waals surface area contributed by atoms with Crippen molar-refractivity contribution in [2.75, 3.05) is 4.90 Å². The molecule has 16 N–H and O–H groups in total. The van der Waals surface area contributed by atoms with Crippen molar-refractivity contribution < 1.29 is 79.2 Å². The summed E-state index contributed by atoms with van der Waals surface area (Å²) in [4.78, 5) is 134. The number of carboxylic acid groups (broad SMARTS) is 8. The Morgan fingerprint density at radius 2 is 0.482 bits per heavy atom. The first-order valence-electron chi connectivity index (χ1n) is 44.8. The zero-order valence-corrected chi connectivity index (χ0v) is 74.4. The number of anilines is 3. The van der Waals surface area contributed by atoms with Gasteiger partial charge < -0.3 is 85.6 Å². The highest BCUT2D eigenvalue weighted by molar-refractivity contribution is 5.91. The molecule has 29 nitrogen and oxygen atoms in total. The number of benzene rings is 7. The molecule has 0 spiro atoms. The number of carbonyl (C=O) groups is 8. The van der Waals surface area contributed by atoms with E-state index in [2.05, 4.69) is 64.1 Å². The molecule has 29 heteroatoms. The highest BCUT2D eigenvalue weighted by Crippen LogP contribution is 2.40. The van der Waals surface area contributed by atoms with Crippen LogP contribution in [0, 0.1) is 45.3 Å². The molecule has 0 aliphatic carbocycles. The van der Waals surface area contributed by atoms with E-state index in [1.165, 1.54) is 0 Å². The second kappa shape index (κ2) is 40.0. The summed E-state index contributed by atoms with van der Waals surface area (Å²) in [5.74, 6) is -8.79. The van der Waals surface area contributed by atoms with Crippen molar-refractivity contribution in [1.82, 2.24) is 39.9 Å². The topological polar surface area (TPSA) is 523 Å². The second-order valence-corrected chi connectivity index (χ2v) is 34.0. The van der Waals surface area contributed by atoms with Gasteiger partial charge in [-0.15, -0.1) is 0 Å². The molecule has 0 amide bonds. The highest BCUT2D eigenvalue weighted by atomic mass is 16.4. The third kappa shape index (κ3) is 20.2. The van der Waals surface area contributed by atoms with Gasteiger partial charge in [0.15, 0.2) is 0 Å². The number of H-pyrrole nitrogens is 8. The van der Waals surface area contributed by atoms with E-state index in [9.17, 15) is 100 Å². The summed E-state index contributed by atoms with van der Waals surface area (Å²) in [6.45, 7) is 0. The van der Waals surface area contributed by atoms with Crippen LogP contribution in [0.1, 0.15) is 197 Å². The van der Waals surface area contributed by atoms with Gasteiger partial charge in [-0.05, 0) is 275 Å². The number of rotatable bonds is 33. The SMILES string of the molecule is N#Cc1ccc(C2=c3cc(CCC(=O)O)c([nH]3)=Cc3[nH]c(cc3CCC(=O)O)C(c3ccc(C#N)cc3)=c3cc(CCC(=O)O)c([nH]3)=C(c3ccc(N(c4ccccc4)c4ccc(C5=c6[nH]c(cc6CCC(=O)O)=C(c6ccc(C#N)cc6)c6cc(CCC(=O)O)c([nH]6)C=c6[nH]c(cc6CCC(=O)O)=C(c6ccc(C#N)cc6)c6cc(CCC(=O)O)c5[nH]6)cc4)cc3)c3[nH]c2cc3CCC(=O)O)cc1. The van der Waals surface area contributed by atoms with Gasteiger partial charge in [-0.1, -0.05) is 91.0 Å². The van der Waals surface area contributed by atoms with Crippen molar-refractivity contribution in [2.24, 2.45) is 0 Å². The normalized spacial score (nSPS) is 12.1. The zero-order chi connectivity index (χ0) is 97.4. The molecular weight excluding hydrogens is 1760 g/mol. The molecule has 0 fully saturated rings. The van der Waals surface area contributed by atoms with Crippen LogP contribution in [0.4, 0.5) is 17.1 Å². The van der Waals surface area contributed by atoms with Gasteiger partial charge >= 0.3 is 47.8 Å². The van der Waals surface area contributed by atoms with Crippen molar-refractivity contribution in [1.29, 1.82) is 21.0 Å². The van der Waals surface area contributed by atoms with Crippen LogP contribution in [0.25, 0.3) is 45.6 Å². The van der Waals surface area contributed by atoms with E-state index in [0.29, 0.717) is 239 Å². The average molecular weight is 1850 g/mol. The van der Waals surface area contributed by atoms with Gasteiger partial charge in [0.2, 0.25) is 0 Å². The lowest BCUT2D eigenvalue weighted by molar-refractivity contribution is -0.138. The molecule has 0 saturated heterocycles. The van der Waals surface area contributed by atoms with Crippen LogP contribution in [-0.2, 0) is 89.7 Å². The smallest absolute Gasteiger partial charge is 0.303 e. The number of carboxylic acids is 8. The van der Waals surface area contributed by atoms with Crippen LogP contribution >= 0.6 is 0 Å². The molecule has 0 atom stereocenters. The Bertz CT molecular complexity index is 7770. The third-order valence-electron chi connectivity index (χ3n) is 25.0. The maximum Gasteiger partial charge on any atom is 0.303 e. The van der Waals surface area contributed by atoms with Gasteiger partial charge in [-0.2, -0.15) is 21.0 Å². The molecule has 16 bridgehead atoms. The van der Waals surface area contributed by atoms with Crippen LogP contribution in [0.15, 0.2) is 224 Å². The number of hydrogen-bond donors (Lipinski definition) is 16. The molecule has 7 aromatic carbocycles. The van der Waals surface area contributed by atoms with Gasteiger partial charge in [0.1, 0.15) is 0 Å². The van der Waals surface area contributed by atoms with E-state index in [-0.39, 0.29) is 103 Å². The molecule has 2 aliphatic heterocycles. The Morgan fingerprint density at radius 1 is 0.245 bits per heavy atom. The predicted molar refractivity (Wildman–Crippen MR) is 514 cm³/mol. The van der Waals surface area contributed by atoms with E-state index in [1.54, 1.807) is 109 Å². The Labute approximate surface area is 790 Å². The fourth-order valence-corrected chi connectivity index (χ4v) is 18.4. The largest absolute Gasteiger partial charge is 0.481 e. The highest BCUT2D eigenvalue weighted by Gasteiger charge is 2.29. The van der Waals surface area contributed by atoms with E-state index in [1.807, 2.05) is 132 Å². The lowest BCUT2D eigenvalue weighted by Crippen LogP contribution is -2.21. The number of aryl methyl sites for hydroxylation is 8.